The van der Waals surface area contributed by atoms with Gasteiger partial charge in [-0.2, -0.15) is 0 Å². The highest BCUT2D eigenvalue weighted by atomic mass is 16.5. The fourth-order valence-corrected chi connectivity index (χ4v) is 2.07. The average Bonchev–Trinajstić information content (AvgIpc) is 2.17. The Bertz CT molecular complexity index is 223. The van der Waals surface area contributed by atoms with E-state index in [-0.39, 0.29) is 17.6 Å². The van der Waals surface area contributed by atoms with Crippen molar-refractivity contribution in [3.8, 4) is 0 Å². The van der Waals surface area contributed by atoms with Crippen molar-refractivity contribution in [1.82, 2.24) is 10.6 Å². The summed E-state index contributed by atoms with van der Waals surface area (Å²) in [7, 11) is 0. The van der Waals surface area contributed by atoms with Gasteiger partial charge in [-0.3, -0.25) is 4.79 Å². The van der Waals surface area contributed by atoms with Crippen LogP contribution in [0.1, 0.15) is 40.0 Å². The van der Waals surface area contributed by atoms with E-state index < -0.39 is 0 Å². The van der Waals surface area contributed by atoms with E-state index in [4.69, 9.17) is 4.74 Å². The molecule has 4 nitrogen and oxygen atoms in total. The minimum atomic E-state index is -0.103. The maximum absolute atomic E-state index is 11.8. The van der Waals surface area contributed by atoms with Crippen molar-refractivity contribution in [1.29, 1.82) is 0 Å². The summed E-state index contributed by atoms with van der Waals surface area (Å²) in [6, 6.07) is 0. The molecule has 1 saturated heterocycles. The van der Waals surface area contributed by atoms with Crippen molar-refractivity contribution in [3.63, 3.8) is 0 Å². The smallest absolute Gasteiger partial charge is 0.223 e. The largest absolute Gasteiger partial charge is 0.375 e. The molecule has 0 aromatic rings. The molecule has 1 amide bonds. The van der Waals surface area contributed by atoms with Crippen LogP contribution in [0.25, 0.3) is 0 Å². The quantitative estimate of drug-likeness (QED) is 0.740. The topological polar surface area (TPSA) is 50.4 Å². The molecule has 1 rings (SSSR count). The highest BCUT2D eigenvalue weighted by molar-refractivity contribution is 5.77. The maximum Gasteiger partial charge on any atom is 0.223 e. The van der Waals surface area contributed by atoms with Crippen LogP contribution in [0, 0.1) is 0 Å². The van der Waals surface area contributed by atoms with Gasteiger partial charge < -0.3 is 15.4 Å². The molecule has 0 saturated carbocycles. The number of hydrogen-bond donors (Lipinski definition) is 2. The van der Waals surface area contributed by atoms with Crippen LogP contribution < -0.4 is 10.6 Å². The molecule has 2 N–H and O–H groups in total. The van der Waals surface area contributed by atoms with Gasteiger partial charge in [-0.05, 0) is 20.3 Å². The number of hydrogen-bond acceptors (Lipinski definition) is 3. The summed E-state index contributed by atoms with van der Waals surface area (Å²) in [6.07, 6.45) is 2.57. The van der Waals surface area contributed by atoms with Crippen molar-refractivity contribution in [2.75, 3.05) is 19.7 Å². The molecule has 1 atom stereocenters. The fourth-order valence-electron chi connectivity index (χ4n) is 2.07. The minimum Gasteiger partial charge on any atom is -0.375 e. The predicted octanol–water partition coefficient (Wildman–Crippen LogP) is 1.06. The van der Waals surface area contributed by atoms with Gasteiger partial charge in [0.25, 0.3) is 0 Å². The number of ether oxygens (including phenoxy) is 1. The van der Waals surface area contributed by atoms with Crippen LogP contribution in [-0.4, -0.2) is 37.2 Å². The van der Waals surface area contributed by atoms with Crippen molar-refractivity contribution in [2.45, 2.75) is 51.7 Å². The molecule has 0 aliphatic carbocycles. The van der Waals surface area contributed by atoms with Crippen LogP contribution in [0.15, 0.2) is 0 Å². The molecule has 0 spiro atoms. The van der Waals surface area contributed by atoms with Crippen LogP contribution in [-0.2, 0) is 9.53 Å². The molecule has 4 heteroatoms. The maximum atomic E-state index is 11.8. The number of carbonyl (C=O) groups is 1. The summed E-state index contributed by atoms with van der Waals surface area (Å²) in [4.78, 5) is 11.8. The predicted molar refractivity (Wildman–Crippen MR) is 64.4 cm³/mol. The van der Waals surface area contributed by atoms with Gasteiger partial charge in [0, 0.05) is 18.6 Å². The second-order valence-electron chi connectivity index (χ2n) is 5.08. The Morgan fingerprint density at radius 2 is 2.31 bits per heavy atom. The normalized spacial score (nSPS) is 21.8. The van der Waals surface area contributed by atoms with E-state index in [1.165, 1.54) is 0 Å². The second-order valence-corrected chi connectivity index (χ2v) is 5.08. The zero-order chi connectivity index (χ0) is 12.0. The van der Waals surface area contributed by atoms with Gasteiger partial charge in [-0.1, -0.05) is 13.3 Å². The molecule has 0 aromatic carbocycles. The lowest BCUT2D eigenvalue weighted by Gasteiger charge is -2.28. The Morgan fingerprint density at radius 1 is 1.56 bits per heavy atom. The van der Waals surface area contributed by atoms with E-state index in [1.807, 2.05) is 0 Å². The van der Waals surface area contributed by atoms with E-state index in [0.717, 1.165) is 25.9 Å². The lowest BCUT2D eigenvalue weighted by molar-refractivity contribution is -0.126. The summed E-state index contributed by atoms with van der Waals surface area (Å²) in [5.74, 6) is 0.0900. The van der Waals surface area contributed by atoms with Gasteiger partial charge in [-0.25, -0.2) is 0 Å². The van der Waals surface area contributed by atoms with Crippen LogP contribution in [0.4, 0.5) is 0 Å². The zero-order valence-electron chi connectivity index (χ0n) is 10.6. The lowest BCUT2D eigenvalue weighted by atomic mass is 9.98. The van der Waals surface area contributed by atoms with Crippen LogP contribution in [0.5, 0.6) is 0 Å². The Kier molecular flexibility index (Phi) is 5.22. The van der Waals surface area contributed by atoms with Gasteiger partial charge in [0.05, 0.1) is 19.1 Å². The number of amides is 1. The first-order valence-corrected chi connectivity index (χ1v) is 6.17. The van der Waals surface area contributed by atoms with Gasteiger partial charge >= 0.3 is 0 Å². The first-order chi connectivity index (χ1) is 7.53. The number of nitrogens with one attached hydrogen (secondary N) is 2. The van der Waals surface area contributed by atoms with E-state index >= 15 is 0 Å². The summed E-state index contributed by atoms with van der Waals surface area (Å²) in [5, 5.41) is 6.28. The zero-order valence-corrected chi connectivity index (χ0v) is 10.6. The lowest BCUT2D eigenvalue weighted by Crippen LogP contribution is -2.47. The molecule has 94 valence electrons. The molecule has 16 heavy (non-hydrogen) atoms. The third-order valence-corrected chi connectivity index (χ3v) is 2.77. The van der Waals surface area contributed by atoms with Gasteiger partial charge in [0.1, 0.15) is 0 Å². The minimum absolute atomic E-state index is 0.0335. The Morgan fingerprint density at radius 3 is 2.88 bits per heavy atom. The summed E-state index contributed by atoms with van der Waals surface area (Å²) in [5.41, 5.74) is -0.103. The third-order valence-electron chi connectivity index (χ3n) is 2.77. The first kappa shape index (κ1) is 13.5. The summed E-state index contributed by atoms with van der Waals surface area (Å²) in [6.45, 7) is 8.63. The number of carbonyl (C=O) groups excluding carboxylic acids is 1. The average molecular weight is 228 g/mol. The molecule has 1 aliphatic rings. The fraction of sp³-hybridized carbons (Fsp3) is 0.917. The second kappa shape index (κ2) is 6.21. The van der Waals surface area contributed by atoms with E-state index in [9.17, 15) is 4.79 Å². The third kappa shape index (κ3) is 4.94. The van der Waals surface area contributed by atoms with Crippen molar-refractivity contribution in [2.24, 2.45) is 0 Å². The molecule has 1 heterocycles. The standard InChI is InChI=1S/C12H24N2O2/c1-4-5-12(2,3)14-11(15)8-10-9-13-6-7-16-10/h10,13H,4-9H2,1-3H3,(H,14,15). The van der Waals surface area contributed by atoms with Gasteiger partial charge in [-0.15, -0.1) is 0 Å². The molecule has 1 aliphatic heterocycles. The summed E-state index contributed by atoms with van der Waals surface area (Å²) >= 11 is 0. The van der Waals surface area contributed by atoms with Gasteiger partial charge in [0.2, 0.25) is 5.91 Å². The van der Waals surface area contributed by atoms with Gasteiger partial charge in [0.15, 0.2) is 0 Å². The highest BCUT2D eigenvalue weighted by Crippen LogP contribution is 2.11. The highest BCUT2D eigenvalue weighted by Gasteiger charge is 2.22. The van der Waals surface area contributed by atoms with Crippen molar-refractivity contribution >= 4 is 5.91 Å². The molecule has 1 unspecified atom stereocenters. The Balaban J connectivity index is 2.28. The van der Waals surface area contributed by atoms with E-state index in [1.54, 1.807) is 0 Å². The number of rotatable bonds is 5. The molecule has 0 aromatic heterocycles. The van der Waals surface area contributed by atoms with Crippen LogP contribution >= 0.6 is 0 Å². The SMILES string of the molecule is CCCC(C)(C)NC(=O)CC1CNCCO1. The van der Waals surface area contributed by atoms with Crippen molar-refractivity contribution < 1.29 is 9.53 Å². The molecule has 0 bridgehead atoms. The van der Waals surface area contributed by atoms with Crippen molar-refractivity contribution in [3.05, 3.63) is 0 Å². The molecular formula is C12H24N2O2. The Hall–Kier alpha value is -0.610. The van der Waals surface area contributed by atoms with E-state index in [2.05, 4.69) is 31.4 Å². The molecule has 0 radical (unpaired) electrons. The van der Waals surface area contributed by atoms with E-state index in [0.29, 0.717) is 13.0 Å². The number of morpholine rings is 1. The van der Waals surface area contributed by atoms with Crippen LogP contribution in [0.2, 0.25) is 0 Å². The monoisotopic (exact) mass is 228 g/mol. The molecule has 1 fully saturated rings. The Labute approximate surface area is 98.1 Å². The molecular weight excluding hydrogens is 204 g/mol. The van der Waals surface area contributed by atoms with Crippen LogP contribution in [0.3, 0.4) is 0 Å². The summed E-state index contributed by atoms with van der Waals surface area (Å²) < 4.78 is 5.50. The first-order valence-electron chi connectivity index (χ1n) is 6.17.